The second-order valence-corrected chi connectivity index (χ2v) is 2.23. The van der Waals surface area contributed by atoms with Gasteiger partial charge in [-0.15, -0.1) is 0 Å². The van der Waals surface area contributed by atoms with Gasteiger partial charge >= 0.3 is 0 Å². The number of rotatable bonds is 1. The lowest BCUT2D eigenvalue weighted by atomic mass is 10.1. The monoisotopic (exact) mass is 185 g/mol. The molecule has 0 amide bonds. The summed E-state index contributed by atoms with van der Waals surface area (Å²) in [5.41, 5.74) is 3.94. The Hall–Kier alpha value is -1.90. The van der Waals surface area contributed by atoms with E-state index in [1.54, 1.807) is 0 Å². The number of anilines is 1. The van der Waals surface area contributed by atoms with Crippen molar-refractivity contribution in [2.75, 3.05) is 5.73 Å². The normalized spacial score (nSPS) is 10.0. The predicted molar refractivity (Wildman–Crippen MR) is 40.0 cm³/mol. The molecule has 0 spiro atoms. The average molecular weight is 185 g/mol. The second kappa shape index (κ2) is 3.23. The summed E-state index contributed by atoms with van der Waals surface area (Å²) in [4.78, 5) is 3.36. The zero-order valence-electron chi connectivity index (χ0n) is 6.33. The summed E-state index contributed by atoms with van der Waals surface area (Å²) in [6.45, 7) is 0. The highest BCUT2D eigenvalue weighted by atomic mass is 19.3. The Labute approximate surface area is 72.2 Å². The summed E-state index contributed by atoms with van der Waals surface area (Å²) >= 11 is 0. The van der Waals surface area contributed by atoms with Crippen LogP contribution in [-0.2, 0) is 0 Å². The standard InChI is InChI=1S/C7H5F2N3O/c8-6(9)4-3(1-10)2-12-7(11)5(4)13/h2,6,13H,(H2,11,12). The van der Waals surface area contributed by atoms with E-state index in [-0.39, 0.29) is 5.56 Å². The van der Waals surface area contributed by atoms with Gasteiger partial charge in [0, 0.05) is 6.20 Å². The number of nitrogen functional groups attached to an aromatic ring is 1. The number of nitrogens with two attached hydrogens (primary N) is 1. The fourth-order valence-electron chi connectivity index (χ4n) is 0.840. The van der Waals surface area contributed by atoms with Crippen molar-refractivity contribution < 1.29 is 13.9 Å². The zero-order valence-corrected chi connectivity index (χ0v) is 6.33. The van der Waals surface area contributed by atoms with Crippen LogP contribution >= 0.6 is 0 Å². The molecule has 6 heteroatoms. The van der Waals surface area contributed by atoms with Crippen molar-refractivity contribution in [2.24, 2.45) is 0 Å². The van der Waals surface area contributed by atoms with Gasteiger partial charge in [0.15, 0.2) is 11.6 Å². The lowest BCUT2D eigenvalue weighted by Gasteiger charge is -2.06. The van der Waals surface area contributed by atoms with Crippen LogP contribution in [-0.4, -0.2) is 10.1 Å². The number of halogens is 2. The zero-order chi connectivity index (χ0) is 10.0. The summed E-state index contributed by atoms with van der Waals surface area (Å²) in [6.07, 6.45) is -2.05. The van der Waals surface area contributed by atoms with Crippen LogP contribution in [0.4, 0.5) is 14.6 Å². The van der Waals surface area contributed by atoms with Crippen molar-refractivity contribution in [3.63, 3.8) is 0 Å². The van der Waals surface area contributed by atoms with E-state index in [9.17, 15) is 8.78 Å². The number of nitrogens with zero attached hydrogens (tertiary/aromatic N) is 2. The number of pyridine rings is 1. The largest absolute Gasteiger partial charge is 0.504 e. The molecule has 1 heterocycles. The van der Waals surface area contributed by atoms with Gasteiger partial charge in [-0.3, -0.25) is 0 Å². The topological polar surface area (TPSA) is 82.9 Å². The van der Waals surface area contributed by atoms with Crippen LogP contribution in [0.1, 0.15) is 17.6 Å². The van der Waals surface area contributed by atoms with E-state index in [2.05, 4.69) is 4.98 Å². The summed E-state index contributed by atoms with van der Waals surface area (Å²) in [6, 6.07) is 1.49. The van der Waals surface area contributed by atoms with Crippen LogP contribution in [0, 0.1) is 11.3 Å². The molecule has 0 aliphatic heterocycles. The lowest BCUT2D eigenvalue weighted by molar-refractivity contribution is 0.147. The molecular formula is C7H5F2N3O. The minimum atomic E-state index is -2.94. The first kappa shape index (κ1) is 9.19. The first-order chi connectivity index (χ1) is 6.07. The molecule has 68 valence electrons. The molecule has 1 aromatic heterocycles. The van der Waals surface area contributed by atoms with Crippen LogP contribution in [0.15, 0.2) is 6.20 Å². The number of aromatic nitrogens is 1. The molecule has 0 aliphatic carbocycles. The molecule has 0 unspecified atom stereocenters. The minimum absolute atomic E-state index is 0.373. The first-order valence-corrected chi connectivity index (χ1v) is 3.23. The van der Waals surface area contributed by atoms with Crippen molar-refractivity contribution in [2.45, 2.75) is 6.43 Å². The van der Waals surface area contributed by atoms with Gasteiger partial charge in [-0.2, -0.15) is 5.26 Å². The molecule has 0 fully saturated rings. The van der Waals surface area contributed by atoms with E-state index in [4.69, 9.17) is 16.1 Å². The third kappa shape index (κ3) is 1.49. The maximum absolute atomic E-state index is 12.3. The molecular weight excluding hydrogens is 180 g/mol. The Morgan fingerprint density at radius 1 is 1.62 bits per heavy atom. The molecule has 0 bridgehead atoms. The smallest absolute Gasteiger partial charge is 0.268 e. The van der Waals surface area contributed by atoms with Crippen LogP contribution in [0.3, 0.4) is 0 Å². The van der Waals surface area contributed by atoms with Gasteiger partial charge in [-0.1, -0.05) is 0 Å². The summed E-state index contributed by atoms with van der Waals surface area (Å²) < 4.78 is 24.5. The van der Waals surface area contributed by atoms with Crippen LogP contribution in [0.2, 0.25) is 0 Å². The van der Waals surface area contributed by atoms with Gasteiger partial charge in [0.1, 0.15) is 6.07 Å². The highest BCUT2D eigenvalue weighted by Crippen LogP contribution is 2.33. The predicted octanol–water partition coefficient (Wildman–Crippen LogP) is 1.18. The fraction of sp³-hybridized carbons (Fsp3) is 0.143. The fourth-order valence-corrected chi connectivity index (χ4v) is 0.840. The van der Waals surface area contributed by atoms with Crippen molar-refractivity contribution in [1.82, 2.24) is 4.98 Å². The quantitative estimate of drug-likeness (QED) is 0.688. The molecule has 1 aromatic rings. The number of nitriles is 1. The number of hydrogen-bond donors (Lipinski definition) is 2. The van der Waals surface area contributed by atoms with Gasteiger partial charge < -0.3 is 10.8 Å². The third-order valence-electron chi connectivity index (χ3n) is 1.46. The maximum atomic E-state index is 12.3. The van der Waals surface area contributed by atoms with Gasteiger partial charge in [-0.25, -0.2) is 13.8 Å². The SMILES string of the molecule is N#Cc1cnc(N)c(O)c1C(F)F. The second-order valence-electron chi connectivity index (χ2n) is 2.23. The van der Waals surface area contributed by atoms with E-state index in [1.165, 1.54) is 6.07 Å². The lowest BCUT2D eigenvalue weighted by Crippen LogP contribution is -1.98. The first-order valence-electron chi connectivity index (χ1n) is 3.23. The van der Waals surface area contributed by atoms with E-state index in [0.717, 1.165) is 6.20 Å². The van der Waals surface area contributed by atoms with E-state index < -0.39 is 23.6 Å². The van der Waals surface area contributed by atoms with Gasteiger partial charge in [0.05, 0.1) is 11.1 Å². The van der Waals surface area contributed by atoms with Gasteiger partial charge in [0.25, 0.3) is 6.43 Å². The molecule has 0 atom stereocenters. The molecule has 0 saturated heterocycles. The van der Waals surface area contributed by atoms with Crippen molar-refractivity contribution in [3.05, 3.63) is 17.3 Å². The third-order valence-corrected chi connectivity index (χ3v) is 1.46. The minimum Gasteiger partial charge on any atom is -0.504 e. The maximum Gasteiger partial charge on any atom is 0.268 e. The van der Waals surface area contributed by atoms with Crippen LogP contribution in [0.25, 0.3) is 0 Å². The van der Waals surface area contributed by atoms with E-state index in [1.807, 2.05) is 0 Å². The van der Waals surface area contributed by atoms with Crippen LogP contribution < -0.4 is 5.73 Å². The molecule has 0 saturated carbocycles. The number of alkyl halides is 2. The average Bonchev–Trinajstić information content (AvgIpc) is 2.08. The molecule has 1 rings (SSSR count). The molecule has 0 aliphatic rings. The van der Waals surface area contributed by atoms with Gasteiger partial charge in [0.2, 0.25) is 0 Å². The summed E-state index contributed by atoms with van der Waals surface area (Å²) in [7, 11) is 0. The Bertz CT molecular complexity index is 373. The van der Waals surface area contributed by atoms with Crippen molar-refractivity contribution in [3.8, 4) is 11.8 Å². The molecule has 3 N–H and O–H groups in total. The summed E-state index contributed by atoms with van der Waals surface area (Å²) in [5.74, 6) is -1.23. The highest BCUT2D eigenvalue weighted by molar-refractivity contribution is 5.56. The molecule has 0 radical (unpaired) electrons. The van der Waals surface area contributed by atoms with E-state index in [0.29, 0.717) is 0 Å². The van der Waals surface area contributed by atoms with E-state index >= 15 is 0 Å². The summed E-state index contributed by atoms with van der Waals surface area (Å²) in [5, 5.41) is 17.5. The number of aromatic hydroxyl groups is 1. The Morgan fingerprint density at radius 3 is 2.69 bits per heavy atom. The van der Waals surface area contributed by atoms with Crippen molar-refractivity contribution in [1.29, 1.82) is 5.26 Å². The Morgan fingerprint density at radius 2 is 2.23 bits per heavy atom. The molecule has 13 heavy (non-hydrogen) atoms. The van der Waals surface area contributed by atoms with Gasteiger partial charge in [-0.05, 0) is 0 Å². The van der Waals surface area contributed by atoms with Crippen molar-refractivity contribution >= 4 is 5.82 Å². The Balaban J connectivity index is 3.43. The number of hydrogen-bond acceptors (Lipinski definition) is 4. The molecule has 0 aromatic carbocycles. The molecule has 4 nitrogen and oxygen atoms in total. The van der Waals surface area contributed by atoms with Crippen LogP contribution in [0.5, 0.6) is 5.75 Å². The Kier molecular flexibility index (Phi) is 2.28. The highest BCUT2D eigenvalue weighted by Gasteiger charge is 2.20.